The first-order valence-corrected chi connectivity index (χ1v) is 12.1. The lowest BCUT2D eigenvalue weighted by Gasteiger charge is -2.15. The number of carbonyl (C=O) groups is 1. The molecule has 3 aromatic rings. The molecule has 3 aromatic heterocycles. The van der Waals surface area contributed by atoms with Crippen molar-refractivity contribution in [2.24, 2.45) is 0 Å². The van der Waals surface area contributed by atoms with Crippen LogP contribution >= 0.6 is 0 Å². The van der Waals surface area contributed by atoms with Crippen LogP contribution in [0.2, 0.25) is 0 Å². The number of hydrogen-bond donors (Lipinski definition) is 3. The highest BCUT2D eigenvalue weighted by Gasteiger charge is 2.37. The Balaban J connectivity index is 1.46. The van der Waals surface area contributed by atoms with Crippen molar-refractivity contribution in [2.75, 3.05) is 19.5 Å². The van der Waals surface area contributed by atoms with Crippen molar-refractivity contribution in [3.8, 4) is 5.88 Å². The largest absolute Gasteiger partial charge is 0.481 e. The van der Waals surface area contributed by atoms with Crippen LogP contribution in [0.5, 0.6) is 5.88 Å². The molecule has 35 heavy (non-hydrogen) atoms. The third-order valence-electron chi connectivity index (χ3n) is 5.46. The summed E-state index contributed by atoms with van der Waals surface area (Å²) in [6.07, 6.45) is 2.82. The third kappa shape index (κ3) is 5.97. The maximum atomic E-state index is 13.2. The van der Waals surface area contributed by atoms with E-state index in [1.807, 2.05) is 12.1 Å². The Labute approximate surface area is 201 Å². The highest BCUT2D eigenvalue weighted by Crippen LogP contribution is 2.27. The number of ether oxygens (including phenoxy) is 1. The van der Waals surface area contributed by atoms with Gasteiger partial charge in [-0.1, -0.05) is 6.07 Å². The molecule has 186 valence electrons. The standard InChI is InChI=1S/C21H25N7O6S/c1-22-35(31,32)34-18-9-14(8-17(18)29)26-21-15(10-23-12-24-21)20(30)16-6-7-28(27-16)11-13-4-3-5-19(25-13)33-2/h3-7,10,12,14,17-18,22,29H,8-9,11H2,1-2H3,(H,23,24,26)/t14-,17+,18-/m1/s1. The molecule has 0 unspecified atom stereocenters. The molecule has 14 heteroatoms. The summed E-state index contributed by atoms with van der Waals surface area (Å²) in [5.41, 5.74) is 1.10. The van der Waals surface area contributed by atoms with Crippen LogP contribution in [0.15, 0.2) is 43.0 Å². The van der Waals surface area contributed by atoms with Gasteiger partial charge in [-0.2, -0.15) is 18.2 Å². The zero-order chi connectivity index (χ0) is 25.0. The quantitative estimate of drug-likeness (QED) is 0.322. The van der Waals surface area contributed by atoms with Crippen LogP contribution in [0.4, 0.5) is 5.82 Å². The lowest BCUT2D eigenvalue weighted by molar-refractivity contribution is 0.0636. The predicted molar refractivity (Wildman–Crippen MR) is 123 cm³/mol. The fourth-order valence-electron chi connectivity index (χ4n) is 3.75. The highest BCUT2D eigenvalue weighted by atomic mass is 32.2. The minimum Gasteiger partial charge on any atom is -0.481 e. The van der Waals surface area contributed by atoms with E-state index in [9.17, 15) is 18.3 Å². The van der Waals surface area contributed by atoms with E-state index >= 15 is 0 Å². The first kappa shape index (κ1) is 24.7. The van der Waals surface area contributed by atoms with Gasteiger partial charge in [-0.05, 0) is 25.0 Å². The number of methoxy groups -OCH3 is 1. The number of anilines is 1. The molecule has 1 aliphatic carbocycles. The molecule has 3 heterocycles. The molecule has 4 rings (SSSR count). The maximum Gasteiger partial charge on any atom is 0.335 e. The van der Waals surface area contributed by atoms with Gasteiger partial charge in [0.1, 0.15) is 23.9 Å². The number of pyridine rings is 1. The summed E-state index contributed by atoms with van der Waals surface area (Å²) in [5.74, 6) is 0.342. The number of ketones is 1. The summed E-state index contributed by atoms with van der Waals surface area (Å²) in [7, 11) is -1.20. The second-order valence-corrected chi connectivity index (χ2v) is 9.37. The summed E-state index contributed by atoms with van der Waals surface area (Å²) in [6, 6.07) is 6.60. The second kappa shape index (κ2) is 10.4. The molecule has 1 saturated carbocycles. The minimum atomic E-state index is -3.95. The molecule has 0 aliphatic heterocycles. The molecule has 0 saturated heterocycles. The molecule has 3 atom stereocenters. The van der Waals surface area contributed by atoms with Gasteiger partial charge in [-0.25, -0.2) is 15.0 Å². The van der Waals surface area contributed by atoms with E-state index in [1.165, 1.54) is 26.7 Å². The van der Waals surface area contributed by atoms with Crippen LogP contribution in [-0.4, -0.2) is 76.4 Å². The molecule has 0 radical (unpaired) electrons. The molecule has 0 amide bonds. The summed E-state index contributed by atoms with van der Waals surface area (Å²) < 4.78 is 37.1. The molecular weight excluding hydrogens is 478 g/mol. The second-order valence-electron chi connectivity index (χ2n) is 7.86. The van der Waals surface area contributed by atoms with E-state index in [2.05, 4.69) is 30.1 Å². The van der Waals surface area contributed by atoms with Gasteiger partial charge >= 0.3 is 10.3 Å². The Hall–Kier alpha value is -3.46. The lowest BCUT2D eigenvalue weighted by atomic mass is 10.1. The van der Waals surface area contributed by atoms with Crippen LogP contribution in [0, 0.1) is 0 Å². The van der Waals surface area contributed by atoms with Gasteiger partial charge in [0, 0.05) is 31.5 Å². The average molecular weight is 504 g/mol. The van der Waals surface area contributed by atoms with Crippen LogP contribution in [0.3, 0.4) is 0 Å². The zero-order valence-corrected chi connectivity index (χ0v) is 19.8. The van der Waals surface area contributed by atoms with Gasteiger partial charge in [-0.3, -0.25) is 13.7 Å². The average Bonchev–Trinajstić information content (AvgIpc) is 3.45. The topological polar surface area (TPSA) is 170 Å². The van der Waals surface area contributed by atoms with E-state index in [-0.39, 0.29) is 36.0 Å². The van der Waals surface area contributed by atoms with Crippen molar-refractivity contribution < 1.29 is 27.2 Å². The van der Waals surface area contributed by atoms with Gasteiger partial charge in [0.25, 0.3) is 0 Å². The molecule has 13 nitrogen and oxygen atoms in total. The fourth-order valence-corrected chi connectivity index (χ4v) is 4.38. The Bertz CT molecular complexity index is 1300. The van der Waals surface area contributed by atoms with Crippen LogP contribution in [0.25, 0.3) is 0 Å². The molecule has 0 aromatic carbocycles. The van der Waals surface area contributed by atoms with Crippen molar-refractivity contribution >= 4 is 21.9 Å². The van der Waals surface area contributed by atoms with Crippen LogP contribution in [-0.2, 0) is 21.0 Å². The Morgan fingerprint density at radius 2 is 2.11 bits per heavy atom. The number of aliphatic hydroxyl groups excluding tert-OH is 1. The van der Waals surface area contributed by atoms with E-state index < -0.39 is 28.3 Å². The number of nitrogens with zero attached hydrogens (tertiary/aromatic N) is 5. The summed E-state index contributed by atoms with van der Waals surface area (Å²) >= 11 is 0. The summed E-state index contributed by atoms with van der Waals surface area (Å²) in [5, 5.41) is 17.7. The van der Waals surface area contributed by atoms with Gasteiger partial charge in [0.05, 0.1) is 31.0 Å². The first-order valence-electron chi connectivity index (χ1n) is 10.7. The van der Waals surface area contributed by atoms with Crippen molar-refractivity contribution in [1.29, 1.82) is 0 Å². The van der Waals surface area contributed by atoms with E-state index in [1.54, 1.807) is 23.0 Å². The monoisotopic (exact) mass is 503 g/mol. The van der Waals surface area contributed by atoms with Crippen molar-refractivity contribution in [2.45, 2.75) is 37.6 Å². The Morgan fingerprint density at radius 3 is 2.89 bits per heavy atom. The third-order valence-corrected chi connectivity index (χ3v) is 6.46. The minimum absolute atomic E-state index is 0.193. The number of aliphatic hydroxyl groups is 1. The van der Waals surface area contributed by atoms with Crippen LogP contribution in [0.1, 0.15) is 34.6 Å². The molecular formula is C21H25N7O6S. The molecule has 1 aliphatic rings. The number of rotatable bonds is 10. The van der Waals surface area contributed by atoms with Gasteiger partial charge in [0.15, 0.2) is 0 Å². The molecule has 0 bridgehead atoms. The molecule has 0 spiro atoms. The predicted octanol–water partition coefficient (Wildman–Crippen LogP) is 0.141. The first-order chi connectivity index (χ1) is 16.8. The number of carbonyl (C=O) groups excluding carboxylic acids is 1. The van der Waals surface area contributed by atoms with E-state index in [0.717, 1.165) is 0 Å². The number of hydrogen-bond acceptors (Lipinski definition) is 11. The fraction of sp³-hybridized carbons (Fsp3) is 0.381. The van der Waals surface area contributed by atoms with E-state index in [4.69, 9.17) is 8.92 Å². The van der Waals surface area contributed by atoms with Gasteiger partial charge in [-0.15, -0.1) is 0 Å². The molecule has 3 N–H and O–H groups in total. The van der Waals surface area contributed by atoms with Gasteiger partial charge in [0.2, 0.25) is 11.7 Å². The highest BCUT2D eigenvalue weighted by molar-refractivity contribution is 7.84. The smallest absolute Gasteiger partial charge is 0.335 e. The molecule has 1 fully saturated rings. The lowest BCUT2D eigenvalue weighted by Crippen LogP contribution is -2.31. The van der Waals surface area contributed by atoms with E-state index in [0.29, 0.717) is 18.1 Å². The SMILES string of the molecule is CNS(=O)(=O)O[C@@H]1C[C@H](Nc2ncncc2C(=O)c2ccn(Cc3cccc(OC)n3)n2)C[C@@H]1O. The Morgan fingerprint density at radius 1 is 1.29 bits per heavy atom. The normalized spacial score (nSPS) is 20.0. The van der Waals surface area contributed by atoms with Crippen molar-refractivity contribution in [3.63, 3.8) is 0 Å². The van der Waals surface area contributed by atoms with Gasteiger partial charge < -0.3 is 15.2 Å². The number of aromatic nitrogens is 5. The summed E-state index contributed by atoms with van der Waals surface area (Å²) in [4.78, 5) is 25.6. The number of nitrogens with one attached hydrogen (secondary N) is 2. The zero-order valence-electron chi connectivity index (χ0n) is 19.0. The Kier molecular flexibility index (Phi) is 7.35. The maximum absolute atomic E-state index is 13.2. The van der Waals surface area contributed by atoms with Crippen molar-refractivity contribution in [1.82, 2.24) is 29.5 Å². The van der Waals surface area contributed by atoms with Crippen LogP contribution < -0.4 is 14.8 Å². The summed E-state index contributed by atoms with van der Waals surface area (Å²) in [6.45, 7) is 0.345. The van der Waals surface area contributed by atoms with Crippen molar-refractivity contribution in [3.05, 3.63) is 59.9 Å².